The topological polar surface area (TPSA) is 67.4 Å². The fraction of sp³-hybridized carbons (Fsp3) is 0.0526. The van der Waals surface area contributed by atoms with Crippen LogP contribution in [0.4, 0.5) is 0 Å². The maximum atomic E-state index is 12.0. The number of hydrogen-bond donors (Lipinski definition) is 2. The normalized spacial score (nSPS) is 10.3. The van der Waals surface area contributed by atoms with Gasteiger partial charge in [0, 0.05) is 9.13 Å². The maximum absolute atomic E-state index is 12.0. The summed E-state index contributed by atoms with van der Waals surface area (Å²) in [6.07, 6.45) is 0. The Morgan fingerprint density at radius 1 is 0.880 bits per heavy atom. The smallest absolute Gasteiger partial charge is 0.276 e. The quantitative estimate of drug-likeness (QED) is 0.478. The molecule has 3 aromatic rings. The predicted octanol–water partition coefficient (Wildman–Crippen LogP) is 3.28. The van der Waals surface area contributed by atoms with Crippen LogP contribution < -0.4 is 15.6 Å². The van der Waals surface area contributed by atoms with Crippen LogP contribution in [-0.2, 0) is 4.79 Å². The van der Waals surface area contributed by atoms with Crippen LogP contribution in [0.25, 0.3) is 10.8 Å². The number of amides is 2. The van der Waals surface area contributed by atoms with Crippen LogP contribution in [0.15, 0.2) is 66.7 Å². The van der Waals surface area contributed by atoms with Gasteiger partial charge in [-0.2, -0.15) is 0 Å². The molecule has 2 N–H and O–H groups in total. The molecule has 25 heavy (non-hydrogen) atoms. The number of carbonyl (C=O) groups is 2. The molecule has 126 valence electrons. The van der Waals surface area contributed by atoms with E-state index in [-0.39, 0.29) is 12.5 Å². The third-order valence-corrected chi connectivity index (χ3v) is 4.16. The van der Waals surface area contributed by atoms with Gasteiger partial charge in [0.05, 0.1) is 0 Å². The van der Waals surface area contributed by atoms with E-state index >= 15 is 0 Å². The van der Waals surface area contributed by atoms with Gasteiger partial charge in [0.25, 0.3) is 11.8 Å². The summed E-state index contributed by atoms with van der Waals surface area (Å²) < 4.78 is 6.41. The molecule has 0 radical (unpaired) electrons. The highest BCUT2D eigenvalue weighted by Gasteiger charge is 2.08. The highest BCUT2D eigenvalue weighted by atomic mass is 127. The summed E-state index contributed by atoms with van der Waals surface area (Å²) in [6, 6.07) is 20.6. The number of hydrazine groups is 1. The Morgan fingerprint density at radius 3 is 2.48 bits per heavy atom. The van der Waals surface area contributed by atoms with E-state index in [0.717, 1.165) is 14.3 Å². The lowest BCUT2D eigenvalue weighted by Gasteiger charge is -2.09. The molecule has 0 atom stereocenters. The van der Waals surface area contributed by atoms with Gasteiger partial charge in [0.2, 0.25) is 0 Å². The molecule has 0 saturated heterocycles. The molecule has 0 heterocycles. The van der Waals surface area contributed by atoms with E-state index in [4.69, 9.17) is 4.74 Å². The summed E-state index contributed by atoms with van der Waals surface area (Å²) >= 11 is 2.12. The lowest BCUT2D eigenvalue weighted by atomic mass is 10.1. The predicted molar refractivity (Wildman–Crippen MR) is 104 cm³/mol. The average molecular weight is 446 g/mol. The van der Waals surface area contributed by atoms with Gasteiger partial charge in [-0.05, 0) is 63.7 Å². The van der Waals surface area contributed by atoms with Crippen molar-refractivity contribution in [2.45, 2.75) is 0 Å². The summed E-state index contributed by atoms with van der Waals surface area (Å²) in [5, 5.41) is 2.14. The van der Waals surface area contributed by atoms with Crippen LogP contribution in [0.3, 0.4) is 0 Å². The lowest BCUT2D eigenvalue weighted by Crippen LogP contribution is -2.43. The SMILES string of the molecule is O=C(COc1ccc2ccccc2c1)NNC(=O)c1cccc(I)c1. The summed E-state index contributed by atoms with van der Waals surface area (Å²) in [7, 11) is 0. The minimum atomic E-state index is -0.438. The van der Waals surface area contributed by atoms with E-state index in [0.29, 0.717) is 11.3 Å². The first-order valence-electron chi connectivity index (χ1n) is 7.58. The van der Waals surface area contributed by atoms with Crippen molar-refractivity contribution in [3.63, 3.8) is 0 Å². The second-order valence-corrected chi connectivity index (χ2v) is 6.56. The van der Waals surface area contributed by atoms with Crippen molar-refractivity contribution in [1.82, 2.24) is 10.9 Å². The monoisotopic (exact) mass is 446 g/mol. The molecule has 5 nitrogen and oxygen atoms in total. The van der Waals surface area contributed by atoms with E-state index in [1.54, 1.807) is 24.3 Å². The zero-order chi connectivity index (χ0) is 17.6. The van der Waals surface area contributed by atoms with Gasteiger partial charge in [-0.15, -0.1) is 0 Å². The van der Waals surface area contributed by atoms with E-state index in [2.05, 4.69) is 33.4 Å². The molecular formula is C19H15IN2O3. The molecule has 0 aliphatic carbocycles. The Balaban J connectivity index is 1.51. The zero-order valence-electron chi connectivity index (χ0n) is 13.2. The van der Waals surface area contributed by atoms with Gasteiger partial charge in [-0.1, -0.05) is 36.4 Å². The lowest BCUT2D eigenvalue weighted by molar-refractivity contribution is -0.123. The maximum Gasteiger partial charge on any atom is 0.276 e. The van der Waals surface area contributed by atoms with Crippen LogP contribution in [0, 0.1) is 3.57 Å². The summed E-state index contributed by atoms with van der Waals surface area (Å²) in [5.41, 5.74) is 5.19. The fourth-order valence-electron chi connectivity index (χ4n) is 2.27. The van der Waals surface area contributed by atoms with Crippen molar-refractivity contribution in [2.24, 2.45) is 0 Å². The number of ether oxygens (including phenoxy) is 1. The van der Waals surface area contributed by atoms with Gasteiger partial charge in [0.15, 0.2) is 6.61 Å². The Kier molecular flexibility index (Phi) is 5.49. The van der Waals surface area contributed by atoms with Crippen LogP contribution in [0.5, 0.6) is 5.75 Å². The van der Waals surface area contributed by atoms with E-state index in [1.807, 2.05) is 42.5 Å². The number of nitrogens with one attached hydrogen (secondary N) is 2. The van der Waals surface area contributed by atoms with Crippen molar-refractivity contribution in [1.29, 1.82) is 0 Å². The first-order chi connectivity index (χ1) is 12.1. The number of carbonyl (C=O) groups excluding carboxylic acids is 2. The Morgan fingerprint density at radius 2 is 1.68 bits per heavy atom. The largest absolute Gasteiger partial charge is 0.484 e. The second-order valence-electron chi connectivity index (χ2n) is 5.31. The highest BCUT2D eigenvalue weighted by Crippen LogP contribution is 2.20. The van der Waals surface area contributed by atoms with E-state index in [1.165, 1.54) is 0 Å². The molecule has 0 unspecified atom stereocenters. The number of hydrogen-bond acceptors (Lipinski definition) is 3. The molecular weight excluding hydrogens is 431 g/mol. The molecule has 3 rings (SSSR count). The summed E-state index contributed by atoms with van der Waals surface area (Å²) in [5.74, 6) is -0.220. The van der Waals surface area contributed by atoms with E-state index in [9.17, 15) is 9.59 Å². The molecule has 0 saturated carbocycles. The zero-order valence-corrected chi connectivity index (χ0v) is 15.3. The third-order valence-electron chi connectivity index (χ3n) is 3.49. The number of halogens is 1. The Bertz CT molecular complexity index is 927. The van der Waals surface area contributed by atoms with Gasteiger partial charge in [-0.3, -0.25) is 20.4 Å². The Labute approximate surface area is 158 Å². The van der Waals surface area contributed by atoms with Gasteiger partial charge in [0.1, 0.15) is 5.75 Å². The first-order valence-corrected chi connectivity index (χ1v) is 8.66. The highest BCUT2D eigenvalue weighted by molar-refractivity contribution is 14.1. The van der Waals surface area contributed by atoms with Crippen molar-refractivity contribution in [3.8, 4) is 5.75 Å². The molecule has 3 aromatic carbocycles. The molecule has 0 aliphatic heterocycles. The average Bonchev–Trinajstić information content (AvgIpc) is 2.64. The van der Waals surface area contributed by atoms with Crippen LogP contribution in [0.2, 0.25) is 0 Å². The van der Waals surface area contributed by atoms with Crippen molar-refractivity contribution >= 4 is 45.2 Å². The Hall–Kier alpha value is -2.61. The molecule has 0 bridgehead atoms. The van der Waals surface area contributed by atoms with Gasteiger partial charge in [-0.25, -0.2) is 0 Å². The van der Waals surface area contributed by atoms with Crippen LogP contribution in [-0.4, -0.2) is 18.4 Å². The first kappa shape index (κ1) is 17.2. The van der Waals surface area contributed by atoms with Crippen LogP contribution >= 0.6 is 22.6 Å². The molecule has 2 amide bonds. The molecule has 0 spiro atoms. The van der Waals surface area contributed by atoms with Crippen molar-refractivity contribution < 1.29 is 14.3 Å². The van der Waals surface area contributed by atoms with Gasteiger partial charge < -0.3 is 4.74 Å². The minimum absolute atomic E-state index is 0.190. The number of fused-ring (bicyclic) bond motifs is 1. The molecule has 0 aliphatic rings. The van der Waals surface area contributed by atoms with Crippen molar-refractivity contribution in [2.75, 3.05) is 6.61 Å². The standard InChI is InChI=1S/C19H15IN2O3/c20-16-7-3-6-15(10-16)19(24)22-21-18(23)12-25-17-9-8-13-4-1-2-5-14(13)11-17/h1-11H,12H2,(H,21,23)(H,22,24). The minimum Gasteiger partial charge on any atom is -0.484 e. The molecule has 6 heteroatoms. The fourth-order valence-corrected chi connectivity index (χ4v) is 2.81. The van der Waals surface area contributed by atoms with Crippen LogP contribution in [0.1, 0.15) is 10.4 Å². The second kappa shape index (κ2) is 7.98. The number of rotatable bonds is 4. The third kappa shape index (κ3) is 4.69. The van der Waals surface area contributed by atoms with E-state index < -0.39 is 5.91 Å². The number of benzene rings is 3. The molecule has 0 aromatic heterocycles. The summed E-state index contributed by atoms with van der Waals surface area (Å²) in [4.78, 5) is 23.8. The summed E-state index contributed by atoms with van der Waals surface area (Å²) in [6.45, 7) is -0.190. The van der Waals surface area contributed by atoms with Gasteiger partial charge >= 0.3 is 0 Å². The molecule has 0 fully saturated rings. The van der Waals surface area contributed by atoms with Crippen molar-refractivity contribution in [3.05, 3.63) is 75.9 Å².